The van der Waals surface area contributed by atoms with Gasteiger partial charge in [-0.3, -0.25) is 4.79 Å². The summed E-state index contributed by atoms with van der Waals surface area (Å²) in [5, 5.41) is 0. The predicted octanol–water partition coefficient (Wildman–Crippen LogP) is 3.81. The first-order valence-electron chi connectivity index (χ1n) is 9.41. The van der Waals surface area contributed by atoms with Gasteiger partial charge >= 0.3 is 0 Å². The van der Waals surface area contributed by atoms with Crippen LogP contribution in [0.1, 0.15) is 24.5 Å². The zero-order chi connectivity index (χ0) is 18.5. The Morgan fingerprint density at radius 2 is 1.69 bits per heavy atom. The summed E-state index contributed by atoms with van der Waals surface area (Å²) in [6.07, 6.45) is 0.255. The largest absolute Gasteiger partial charge is 0.481 e. The van der Waals surface area contributed by atoms with Crippen LogP contribution in [0.25, 0.3) is 0 Å². The van der Waals surface area contributed by atoms with Gasteiger partial charge in [0.05, 0.1) is 0 Å². The number of amides is 1. The van der Waals surface area contributed by atoms with Crippen LogP contribution in [0.5, 0.6) is 5.75 Å². The zero-order valence-electron chi connectivity index (χ0n) is 15.9. The van der Waals surface area contributed by atoms with E-state index in [9.17, 15) is 4.79 Å². The van der Waals surface area contributed by atoms with Crippen molar-refractivity contribution in [3.05, 3.63) is 59.7 Å². The van der Waals surface area contributed by atoms with Crippen molar-refractivity contribution in [1.82, 2.24) is 4.90 Å². The fourth-order valence-corrected chi connectivity index (χ4v) is 3.29. The number of benzene rings is 2. The molecule has 1 unspecified atom stereocenters. The van der Waals surface area contributed by atoms with E-state index in [-0.39, 0.29) is 5.91 Å². The quantitative estimate of drug-likeness (QED) is 0.820. The maximum absolute atomic E-state index is 12.9. The van der Waals surface area contributed by atoms with Crippen molar-refractivity contribution in [1.29, 1.82) is 0 Å². The van der Waals surface area contributed by atoms with Crippen molar-refractivity contribution in [2.24, 2.45) is 0 Å². The van der Waals surface area contributed by atoms with E-state index in [1.807, 2.05) is 36.1 Å². The summed E-state index contributed by atoms with van der Waals surface area (Å²) in [7, 11) is 0. The van der Waals surface area contributed by atoms with Gasteiger partial charge in [-0.15, -0.1) is 0 Å². The Morgan fingerprint density at radius 1 is 1.00 bits per heavy atom. The SMILES string of the molecule is CCC(Oc1ccc(C)c(C)c1)C(=O)N1CCN(c2ccccc2)CC1. The molecule has 26 heavy (non-hydrogen) atoms. The lowest BCUT2D eigenvalue weighted by Crippen LogP contribution is -2.52. The van der Waals surface area contributed by atoms with E-state index >= 15 is 0 Å². The number of carbonyl (C=O) groups excluding carboxylic acids is 1. The third kappa shape index (κ3) is 4.18. The number of ether oxygens (including phenoxy) is 1. The Morgan fingerprint density at radius 3 is 2.31 bits per heavy atom. The first kappa shape index (κ1) is 18.3. The third-order valence-corrected chi connectivity index (χ3v) is 5.12. The molecule has 1 aliphatic heterocycles. The van der Waals surface area contributed by atoms with Crippen molar-refractivity contribution < 1.29 is 9.53 Å². The van der Waals surface area contributed by atoms with Crippen LogP contribution >= 0.6 is 0 Å². The molecule has 0 bridgehead atoms. The van der Waals surface area contributed by atoms with Gasteiger partial charge in [0.1, 0.15) is 5.75 Å². The van der Waals surface area contributed by atoms with Crippen LogP contribution in [0.3, 0.4) is 0 Å². The normalized spacial score (nSPS) is 15.7. The van der Waals surface area contributed by atoms with E-state index in [0.29, 0.717) is 6.42 Å². The van der Waals surface area contributed by atoms with Crippen LogP contribution in [0.15, 0.2) is 48.5 Å². The number of rotatable bonds is 5. The van der Waals surface area contributed by atoms with Gasteiger partial charge in [0.2, 0.25) is 0 Å². The minimum atomic E-state index is -0.416. The van der Waals surface area contributed by atoms with Crippen LogP contribution < -0.4 is 9.64 Å². The number of para-hydroxylation sites is 1. The van der Waals surface area contributed by atoms with E-state index in [2.05, 4.69) is 43.0 Å². The Balaban J connectivity index is 1.60. The van der Waals surface area contributed by atoms with E-state index in [1.54, 1.807) is 0 Å². The van der Waals surface area contributed by atoms with Crippen molar-refractivity contribution in [3.63, 3.8) is 0 Å². The number of anilines is 1. The lowest BCUT2D eigenvalue weighted by Gasteiger charge is -2.37. The van der Waals surface area contributed by atoms with Gasteiger partial charge in [0.25, 0.3) is 5.91 Å². The van der Waals surface area contributed by atoms with Crippen LogP contribution in [0.4, 0.5) is 5.69 Å². The van der Waals surface area contributed by atoms with Gasteiger partial charge in [-0.25, -0.2) is 0 Å². The molecule has 1 heterocycles. The fraction of sp³-hybridized carbons (Fsp3) is 0.409. The standard InChI is InChI=1S/C22H28N2O2/c1-4-21(26-20-11-10-17(2)18(3)16-20)22(25)24-14-12-23(13-15-24)19-8-6-5-7-9-19/h5-11,16,21H,4,12-15H2,1-3H3. The number of piperazine rings is 1. The van der Waals surface area contributed by atoms with Crippen LogP contribution in [-0.2, 0) is 4.79 Å². The molecule has 0 aromatic heterocycles. The van der Waals surface area contributed by atoms with Crippen molar-refractivity contribution in [3.8, 4) is 5.75 Å². The molecule has 0 N–H and O–H groups in total. The monoisotopic (exact) mass is 352 g/mol. The first-order chi connectivity index (χ1) is 12.6. The molecule has 0 aliphatic carbocycles. The van der Waals surface area contributed by atoms with E-state index in [1.165, 1.54) is 16.8 Å². The second-order valence-electron chi connectivity index (χ2n) is 6.91. The molecule has 1 saturated heterocycles. The fourth-order valence-electron chi connectivity index (χ4n) is 3.29. The van der Waals surface area contributed by atoms with E-state index in [0.717, 1.165) is 31.9 Å². The van der Waals surface area contributed by atoms with Gasteiger partial charge in [0, 0.05) is 31.9 Å². The second kappa shape index (κ2) is 8.26. The van der Waals surface area contributed by atoms with Gasteiger partial charge in [0.15, 0.2) is 6.10 Å². The Hall–Kier alpha value is -2.49. The second-order valence-corrected chi connectivity index (χ2v) is 6.91. The number of hydrogen-bond donors (Lipinski definition) is 0. The summed E-state index contributed by atoms with van der Waals surface area (Å²) in [5.41, 5.74) is 3.63. The van der Waals surface area contributed by atoms with Gasteiger partial charge in [-0.05, 0) is 55.7 Å². The molecule has 4 heteroatoms. The molecular formula is C22H28N2O2. The van der Waals surface area contributed by atoms with Gasteiger partial charge in [-0.2, -0.15) is 0 Å². The van der Waals surface area contributed by atoms with Crippen molar-refractivity contribution >= 4 is 11.6 Å². The lowest BCUT2D eigenvalue weighted by molar-refractivity contribution is -0.139. The molecule has 1 aliphatic rings. The average Bonchev–Trinajstić information content (AvgIpc) is 2.69. The van der Waals surface area contributed by atoms with Crippen LogP contribution in [-0.4, -0.2) is 43.1 Å². The first-order valence-corrected chi connectivity index (χ1v) is 9.41. The van der Waals surface area contributed by atoms with E-state index < -0.39 is 6.10 Å². The van der Waals surface area contributed by atoms with Crippen LogP contribution in [0, 0.1) is 13.8 Å². The van der Waals surface area contributed by atoms with Crippen molar-refractivity contribution in [2.45, 2.75) is 33.3 Å². The summed E-state index contributed by atoms with van der Waals surface area (Å²) >= 11 is 0. The molecular weight excluding hydrogens is 324 g/mol. The highest BCUT2D eigenvalue weighted by molar-refractivity contribution is 5.81. The molecule has 0 radical (unpaired) electrons. The minimum Gasteiger partial charge on any atom is -0.481 e. The molecule has 0 spiro atoms. The molecule has 1 fully saturated rings. The van der Waals surface area contributed by atoms with Gasteiger partial charge in [-0.1, -0.05) is 31.2 Å². The molecule has 1 atom stereocenters. The summed E-state index contributed by atoms with van der Waals surface area (Å²) in [4.78, 5) is 17.2. The molecule has 2 aromatic rings. The van der Waals surface area contributed by atoms with Crippen LogP contribution in [0.2, 0.25) is 0 Å². The Bertz CT molecular complexity index is 737. The smallest absolute Gasteiger partial charge is 0.263 e. The Labute approximate surface area is 156 Å². The summed E-state index contributed by atoms with van der Waals surface area (Å²) < 4.78 is 6.02. The molecule has 4 nitrogen and oxygen atoms in total. The average molecular weight is 352 g/mol. The highest BCUT2D eigenvalue weighted by Crippen LogP contribution is 2.20. The highest BCUT2D eigenvalue weighted by Gasteiger charge is 2.28. The van der Waals surface area contributed by atoms with Crippen molar-refractivity contribution in [2.75, 3.05) is 31.1 Å². The lowest BCUT2D eigenvalue weighted by atomic mass is 10.1. The molecule has 2 aromatic carbocycles. The molecule has 0 saturated carbocycles. The summed E-state index contributed by atoms with van der Waals surface area (Å²) in [6.45, 7) is 9.33. The highest BCUT2D eigenvalue weighted by atomic mass is 16.5. The molecule has 138 valence electrons. The third-order valence-electron chi connectivity index (χ3n) is 5.12. The van der Waals surface area contributed by atoms with Gasteiger partial charge < -0.3 is 14.5 Å². The number of hydrogen-bond acceptors (Lipinski definition) is 3. The Kier molecular flexibility index (Phi) is 5.82. The topological polar surface area (TPSA) is 32.8 Å². The maximum Gasteiger partial charge on any atom is 0.263 e. The zero-order valence-corrected chi connectivity index (χ0v) is 15.9. The molecule has 1 amide bonds. The predicted molar refractivity (Wildman–Crippen MR) is 106 cm³/mol. The summed E-state index contributed by atoms with van der Waals surface area (Å²) in [5.74, 6) is 0.870. The molecule has 3 rings (SSSR count). The summed E-state index contributed by atoms with van der Waals surface area (Å²) in [6, 6.07) is 16.4. The van der Waals surface area contributed by atoms with E-state index in [4.69, 9.17) is 4.74 Å². The number of carbonyl (C=O) groups is 1. The number of aryl methyl sites for hydroxylation is 2. The minimum absolute atomic E-state index is 0.0958. The maximum atomic E-state index is 12.9. The number of nitrogens with zero attached hydrogens (tertiary/aromatic N) is 2.